The van der Waals surface area contributed by atoms with Gasteiger partial charge in [0.05, 0.1) is 26.2 Å². The molecular formula is C22H23NO4. The predicted molar refractivity (Wildman–Crippen MR) is 104 cm³/mol. The van der Waals surface area contributed by atoms with Gasteiger partial charge in [-0.15, -0.1) is 0 Å². The van der Waals surface area contributed by atoms with E-state index in [1.807, 2.05) is 62.4 Å². The van der Waals surface area contributed by atoms with E-state index in [-0.39, 0.29) is 18.1 Å². The van der Waals surface area contributed by atoms with Gasteiger partial charge in [-0.05, 0) is 42.0 Å². The molecule has 0 bridgehead atoms. The highest BCUT2D eigenvalue weighted by molar-refractivity contribution is 5.88. The topological polar surface area (TPSA) is 61.6 Å². The summed E-state index contributed by atoms with van der Waals surface area (Å²) in [5, 5.41) is 4.27. The number of methoxy groups -OCH3 is 2. The highest BCUT2D eigenvalue weighted by Crippen LogP contribution is 2.36. The van der Waals surface area contributed by atoms with Crippen LogP contribution in [0.25, 0.3) is 22.4 Å². The largest absolute Gasteiger partial charge is 0.497 e. The molecule has 0 unspecified atom stereocenters. The first-order valence-electron chi connectivity index (χ1n) is 8.83. The first-order valence-corrected chi connectivity index (χ1v) is 8.83. The van der Waals surface area contributed by atoms with E-state index in [0.29, 0.717) is 11.5 Å². The zero-order valence-corrected chi connectivity index (χ0v) is 16.0. The number of benzene rings is 2. The van der Waals surface area contributed by atoms with Crippen molar-refractivity contribution in [2.75, 3.05) is 14.2 Å². The summed E-state index contributed by atoms with van der Waals surface area (Å²) in [7, 11) is 3.26. The van der Waals surface area contributed by atoms with Gasteiger partial charge in [0.15, 0.2) is 5.76 Å². The fourth-order valence-corrected chi connectivity index (χ4v) is 2.81. The Morgan fingerprint density at radius 3 is 1.93 bits per heavy atom. The molecule has 0 saturated heterocycles. The third-order valence-corrected chi connectivity index (χ3v) is 4.48. The summed E-state index contributed by atoms with van der Waals surface area (Å²) in [6.45, 7) is 3.77. The Hall–Kier alpha value is -3.08. The monoisotopic (exact) mass is 365 g/mol. The Morgan fingerprint density at radius 1 is 0.926 bits per heavy atom. The van der Waals surface area contributed by atoms with Crippen LogP contribution in [-0.4, -0.2) is 25.2 Å². The Balaban J connectivity index is 2.09. The Bertz CT molecular complexity index is 908. The predicted octanol–water partition coefficient (Wildman–Crippen LogP) is 4.79. The van der Waals surface area contributed by atoms with Crippen molar-refractivity contribution >= 4 is 5.78 Å². The first kappa shape index (κ1) is 18.7. The molecule has 0 aliphatic heterocycles. The van der Waals surface area contributed by atoms with Crippen LogP contribution in [0.4, 0.5) is 0 Å². The van der Waals surface area contributed by atoms with Crippen molar-refractivity contribution in [1.29, 1.82) is 0 Å². The van der Waals surface area contributed by atoms with Gasteiger partial charge in [0, 0.05) is 11.5 Å². The number of hydrogen-bond donors (Lipinski definition) is 0. The molecule has 0 fully saturated rings. The van der Waals surface area contributed by atoms with E-state index in [4.69, 9.17) is 14.0 Å². The molecule has 3 aromatic rings. The number of ketones is 1. The van der Waals surface area contributed by atoms with Crippen LogP contribution >= 0.6 is 0 Å². The van der Waals surface area contributed by atoms with E-state index >= 15 is 0 Å². The molecular weight excluding hydrogens is 342 g/mol. The molecule has 5 nitrogen and oxygen atoms in total. The maximum absolute atomic E-state index is 12.3. The van der Waals surface area contributed by atoms with Crippen LogP contribution in [0.3, 0.4) is 0 Å². The molecule has 140 valence electrons. The maximum atomic E-state index is 12.3. The molecule has 0 aliphatic rings. The minimum Gasteiger partial charge on any atom is -0.497 e. The van der Waals surface area contributed by atoms with Crippen LogP contribution in [0.15, 0.2) is 53.1 Å². The van der Waals surface area contributed by atoms with Crippen molar-refractivity contribution < 1.29 is 18.8 Å². The lowest BCUT2D eigenvalue weighted by molar-refractivity contribution is -0.121. The summed E-state index contributed by atoms with van der Waals surface area (Å²) in [6.07, 6.45) is 0.210. The van der Waals surface area contributed by atoms with Crippen molar-refractivity contribution in [3.63, 3.8) is 0 Å². The number of Topliss-reactive ketones (excluding diaryl/α,β-unsaturated/α-hetero) is 1. The van der Waals surface area contributed by atoms with Crippen molar-refractivity contribution in [3.8, 4) is 33.9 Å². The maximum Gasteiger partial charge on any atom is 0.152 e. The Labute approximate surface area is 158 Å². The van der Waals surface area contributed by atoms with Gasteiger partial charge < -0.3 is 14.0 Å². The summed E-state index contributed by atoms with van der Waals surface area (Å²) < 4.78 is 16.1. The molecule has 0 amide bonds. The van der Waals surface area contributed by atoms with E-state index in [2.05, 4.69) is 5.16 Å². The van der Waals surface area contributed by atoms with E-state index < -0.39 is 0 Å². The number of carbonyl (C=O) groups is 1. The number of nitrogens with zero attached hydrogens (tertiary/aromatic N) is 1. The third-order valence-electron chi connectivity index (χ3n) is 4.48. The second-order valence-corrected chi connectivity index (χ2v) is 6.58. The summed E-state index contributed by atoms with van der Waals surface area (Å²) >= 11 is 0. The second kappa shape index (κ2) is 8.08. The molecule has 0 saturated carbocycles. The van der Waals surface area contributed by atoms with E-state index in [9.17, 15) is 4.79 Å². The molecule has 1 heterocycles. The second-order valence-electron chi connectivity index (χ2n) is 6.58. The summed E-state index contributed by atoms with van der Waals surface area (Å²) in [5.74, 6) is 2.15. The lowest BCUT2D eigenvalue weighted by atomic mass is 9.95. The van der Waals surface area contributed by atoms with E-state index in [1.165, 1.54) is 0 Å². The standard InChI is InChI=1S/C22H23NO4/c1-14(2)19(24)13-20-21(15-5-9-17(25-3)10-6-15)22(23-27-20)16-7-11-18(26-4)12-8-16/h5-12,14H,13H2,1-4H3. The van der Waals surface area contributed by atoms with Crippen molar-refractivity contribution in [2.45, 2.75) is 20.3 Å². The zero-order chi connectivity index (χ0) is 19.4. The lowest BCUT2D eigenvalue weighted by Crippen LogP contribution is -2.10. The van der Waals surface area contributed by atoms with Crippen LogP contribution in [0.1, 0.15) is 19.6 Å². The fraction of sp³-hybridized carbons (Fsp3) is 0.273. The quantitative estimate of drug-likeness (QED) is 0.602. The van der Waals surface area contributed by atoms with Crippen LogP contribution in [-0.2, 0) is 11.2 Å². The first-order chi connectivity index (χ1) is 13.0. The average Bonchev–Trinajstić information content (AvgIpc) is 3.11. The zero-order valence-electron chi connectivity index (χ0n) is 16.0. The van der Waals surface area contributed by atoms with Crippen LogP contribution in [0.2, 0.25) is 0 Å². The molecule has 3 rings (SSSR count). The van der Waals surface area contributed by atoms with E-state index in [1.54, 1.807) is 14.2 Å². The van der Waals surface area contributed by atoms with E-state index in [0.717, 1.165) is 28.2 Å². The summed E-state index contributed by atoms with van der Waals surface area (Å²) in [4.78, 5) is 12.3. The molecule has 5 heteroatoms. The van der Waals surface area contributed by atoms with Gasteiger partial charge in [-0.1, -0.05) is 31.1 Å². The van der Waals surface area contributed by atoms with Gasteiger partial charge in [-0.3, -0.25) is 4.79 Å². The minimum absolute atomic E-state index is 0.0664. The number of hydrogen-bond acceptors (Lipinski definition) is 5. The van der Waals surface area contributed by atoms with Crippen LogP contribution in [0.5, 0.6) is 11.5 Å². The fourth-order valence-electron chi connectivity index (χ4n) is 2.81. The van der Waals surface area contributed by atoms with Crippen LogP contribution in [0, 0.1) is 5.92 Å². The van der Waals surface area contributed by atoms with Gasteiger partial charge >= 0.3 is 0 Å². The molecule has 0 aliphatic carbocycles. The molecule has 0 spiro atoms. The van der Waals surface area contributed by atoms with Gasteiger partial charge in [-0.2, -0.15) is 0 Å². The van der Waals surface area contributed by atoms with Crippen molar-refractivity contribution in [2.24, 2.45) is 5.92 Å². The van der Waals surface area contributed by atoms with Crippen LogP contribution < -0.4 is 9.47 Å². The highest BCUT2D eigenvalue weighted by Gasteiger charge is 2.22. The molecule has 2 aromatic carbocycles. The number of rotatable bonds is 7. The van der Waals surface area contributed by atoms with Gasteiger partial charge in [0.2, 0.25) is 0 Å². The summed E-state index contributed by atoms with van der Waals surface area (Å²) in [5.41, 5.74) is 3.36. The summed E-state index contributed by atoms with van der Waals surface area (Å²) in [6, 6.07) is 15.3. The van der Waals surface area contributed by atoms with Gasteiger partial charge in [0.1, 0.15) is 23.0 Å². The van der Waals surface area contributed by atoms with Crippen molar-refractivity contribution in [3.05, 3.63) is 54.3 Å². The number of carbonyl (C=O) groups excluding carboxylic acids is 1. The number of ether oxygens (including phenoxy) is 2. The molecule has 0 N–H and O–H groups in total. The highest BCUT2D eigenvalue weighted by atomic mass is 16.5. The Kier molecular flexibility index (Phi) is 5.60. The smallest absolute Gasteiger partial charge is 0.152 e. The van der Waals surface area contributed by atoms with Gasteiger partial charge in [0.25, 0.3) is 0 Å². The SMILES string of the molecule is COc1ccc(-c2noc(CC(=O)C(C)C)c2-c2ccc(OC)cc2)cc1. The Morgan fingerprint density at radius 2 is 1.44 bits per heavy atom. The number of aromatic nitrogens is 1. The van der Waals surface area contributed by atoms with Gasteiger partial charge in [-0.25, -0.2) is 0 Å². The minimum atomic E-state index is -0.0664. The average molecular weight is 365 g/mol. The normalized spacial score (nSPS) is 10.9. The van der Waals surface area contributed by atoms with Crippen molar-refractivity contribution in [1.82, 2.24) is 5.16 Å². The third kappa shape index (κ3) is 4.03. The molecule has 1 aromatic heterocycles. The molecule has 27 heavy (non-hydrogen) atoms. The molecule has 0 atom stereocenters. The lowest BCUT2D eigenvalue weighted by Gasteiger charge is -2.08. The molecule has 0 radical (unpaired) electrons.